The summed E-state index contributed by atoms with van der Waals surface area (Å²) in [5, 5.41) is 0. The van der Waals surface area contributed by atoms with Gasteiger partial charge in [0, 0.05) is 38.3 Å². The van der Waals surface area contributed by atoms with Gasteiger partial charge in [-0.2, -0.15) is 0 Å². The number of nitrogens with zero attached hydrogens (tertiary/aromatic N) is 2. The third kappa shape index (κ3) is 1.99. The van der Waals surface area contributed by atoms with Gasteiger partial charge in [0.15, 0.2) is 0 Å². The first-order valence-corrected chi connectivity index (χ1v) is 6.52. The smallest absolute Gasteiger partial charge is 0.0370 e. The van der Waals surface area contributed by atoms with Crippen LogP contribution in [0.15, 0.2) is 24.3 Å². The fourth-order valence-electron chi connectivity index (χ4n) is 3.13. The van der Waals surface area contributed by atoms with Crippen LogP contribution in [0.1, 0.15) is 29.6 Å². The molecule has 3 nitrogen and oxygen atoms in total. The van der Waals surface area contributed by atoms with E-state index in [1.165, 1.54) is 37.3 Å². The summed E-state index contributed by atoms with van der Waals surface area (Å²) >= 11 is 0. The predicted molar refractivity (Wildman–Crippen MR) is 69.8 cm³/mol. The van der Waals surface area contributed by atoms with Crippen molar-refractivity contribution < 1.29 is 0 Å². The summed E-state index contributed by atoms with van der Waals surface area (Å²) in [6.07, 6.45) is 1.09. The van der Waals surface area contributed by atoms with Crippen LogP contribution in [0.2, 0.25) is 0 Å². The lowest BCUT2D eigenvalue weighted by atomic mass is 10.1. The van der Waals surface area contributed by atoms with E-state index in [1.54, 1.807) is 0 Å². The SMILES string of the molecule is CN1CCN([C@@H]2C[C@@H](N)c3ccccc32)CC1. The van der Waals surface area contributed by atoms with Crippen LogP contribution in [-0.2, 0) is 0 Å². The fraction of sp³-hybridized carbons (Fsp3) is 0.571. The molecule has 1 saturated heterocycles. The summed E-state index contributed by atoms with van der Waals surface area (Å²) in [7, 11) is 2.20. The second kappa shape index (κ2) is 4.41. The number of fused-ring (bicyclic) bond motifs is 1. The Morgan fingerprint density at radius 2 is 1.71 bits per heavy atom. The average Bonchev–Trinajstić information content (AvgIpc) is 2.69. The number of likely N-dealkylation sites (N-methyl/N-ethyl adjacent to an activating group) is 1. The van der Waals surface area contributed by atoms with Gasteiger partial charge in [-0.15, -0.1) is 0 Å². The topological polar surface area (TPSA) is 32.5 Å². The zero-order valence-electron chi connectivity index (χ0n) is 10.5. The van der Waals surface area contributed by atoms with Crippen LogP contribution < -0.4 is 5.73 Å². The van der Waals surface area contributed by atoms with Crippen molar-refractivity contribution >= 4 is 0 Å². The van der Waals surface area contributed by atoms with Gasteiger partial charge in [0.05, 0.1) is 0 Å². The summed E-state index contributed by atoms with van der Waals surface area (Å²) in [5.41, 5.74) is 9.05. The quantitative estimate of drug-likeness (QED) is 0.792. The maximum absolute atomic E-state index is 6.23. The van der Waals surface area contributed by atoms with E-state index >= 15 is 0 Å². The van der Waals surface area contributed by atoms with Crippen molar-refractivity contribution in [1.82, 2.24) is 9.80 Å². The van der Waals surface area contributed by atoms with Crippen LogP contribution in [0.25, 0.3) is 0 Å². The lowest BCUT2D eigenvalue weighted by Gasteiger charge is -2.36. The van der Waals surface area contributed by atoms with E-state index in [9.17, 15) is 0 Å². The molecule has 0 radical (unpaired) electrons. The number of nitrogens with two attached hydrogens (primary N) is 1. The summed E-state index contributed by atoms with van der Waals surface area (Å²) < 4.78 is 0. The molecule has 92 valence electrons. The Morgan fingerprint density at radius 1 is 1.06 bits per heavy atom. The second-order valence-electron chi connectivity index (χ2n) is 5.33. The molecule has 0 amide bonds. The van der Waals surface area contributed by atoms with Crippen molar-refractivity contribution in [3.05, 3.63) is 35.4 Å². The van der Waals surface area contributed by atoms with Gasteiger partial charge in [-0.05, 0) is 24.6 Å². The van der Waals surface area contributed by atoms with Gasteiger partial charge in [-0.3, -0.25) is 4.90 Å². The molecule has 1 aliphatic carbocycles. The summed E-state index contributed by atoms with van der Waals surface area (Å²) in [6.45, 7) is 4.69. The van der Waals surface area contributed by atoms with Gasteiger partial charge in [0.2, 0.25) is 0 Å². The van der Waals surface area contributed by atoms with Crippen LogP contribution in [0.4, 0.5) is 0 Å². The highest BCUT2D eigenvalue weighted by molar-refractivity contribution is 5.37. The molecule has 1 aliphatic heterocycles. The standard InChI is InChI=1S/C14H21N3/c1-16-6-8-17(9-7-16)14-10-13(15)11-4-2-3-5-12(11)14/h2-5,13-14H,6-10,15H2,1H3/t13-,14-/m1/s1. The molecule has 0 saturated carbocycles. The number of benzene rings is 1. The molecule has 1 heterocycles. The summed E-state index contributed by atoms with van der Waals surface area (Å²) in [5.74, 6) is 0. The van der Waals surface area contributed by atoms with Gasteiger partial charge in [0.25, 0.3) is 0 Å². The Balaban J connectivity index is 1.82. The zero-order chi connectivity index (χ0) is 11.8. The lowest BCUT2D eigenvalue weighted by molar-refractivity contribution is 0.109. The fourth-order valence-corrected chi connectivity index (χ4v) is 3.13. The minimum absolute atomic E-state index is 0.232. The molecule has 3 rings (SSSR count). The molecule has 1 aromatic carbocycles. The van der Waals surface area contributed by atoms with Gasteiger partial charge < -0.3 is 10.6 Å². The van der Waals surface area contributed by atoms with E-state index in [2.05, 4.69) is 41.1 Å². The highest BCUT2D eigenvalue weighted by Crippen LogP contribution is 2.40. The third-order valence-corrected chi connectivity index (χ3v) is 4.21. The van der Waals surface area contributed by atoms with E-state index in [0.29, 0.717) is 6.04 Å². The maximum Gasteiger partial charge on any atom is 0.0370 e. The first-order chi connectivity index (χ1) is 8.25. The van der Waals surface area contributed by atoms with E-state index in [4.69, 9.17) is 5.73 Å². The molecule has 0 spiro atoms. The second-order valence-corrected chi connectivity index (χ2v) is 5.33. The number of rotatable bonds is 1. The molecule has 2 aliphatic rings. The van der Waals surface area contributed by atoms with Crippen LogP contribution in [-0.4, -0.2) is 43.0 Å². The third-order valence-electron chi connectivity index (χ3n) is 4.21. The number of hydrogen-bond acceptors (Lipinski definition) is 3. The molecule has 0 unspecified atom stereocenters. The van der Waals surface area contributed by atoms with Gasteiger partial charge >= 0.3 is 0 Å². The molecule has 1 aromatic rings. The van der Waals surface area contributed by atoms with Crippen molar-refractivity contribution in [3.8, 4) is 0 Å². The Morgan fingerprint density at radius 3 is 2.41 bits per heavy atom. The van der Waals surface area contributed by atoms with Crippen molar-refractivity contribution in [2.24, 2.45) is 5.73 Å². The highest BCUT2D eigenvalue weighted by atomic mass is 15.3. The Labute approximate surface area is 103 Å². The van der Waals surface area contributed by atoms with Gasteiger partial charge in [-0.1, -0.05) is 24.3 Å². The summed E-state index contributed by atoms with van der Waals surface area (Å²) in [4.78, 5) is 5.00. The molecular formula is C14H21N3. The average molecular weight is 231 g/mol. The molecule has 1 fully saturated rings. The zero-order valence-corrected chi connectivity index (χ0v) is 10.5. The molecule has 0 bridgehead atoms. The molecule has 2 atom stereocenters. The maximum atomic E-state index is 6.23. The minimum atomic E-state index is 0.232. The monoisotopic (exact) mass is 231 g/mol. The summed E-state index contributed by atoms with van der Waals surface area (Å²) in [6, 6.07) is 9.47. The largest absolute Gasteiger partial charge is 0.324 e. The number of piperazine rings is 1. The van der Waals surface area contributed by atoms with Crippen LogP contribution in [0, 0.1) is 0 Å². The molecule has 3 heteroatoms. The van der Waals surface area contributed by atoms with Crippen molar-refractivity contribution in [2.45, 2.75) is 18.5 Å². The predicted octanol–water partition coefficient (Wildman–Crippen LogP) is 1.38. The van der Waals surface area contributed by atoms with Crippen LogP contribution in [0.3, 0.4) is 0 Å². The van der Waals surface area contributed by atoms with Gasteiger partial charge in [-0.25, -0.2) is 0 Å². The van der Waals surface area contributed by atoms with E-state index in [-0.39, 0.29) is 6.04 Å². The number of hydrogen-bond donors (Lipinski definition) is 1. The Bertz CT molecular complexity index is 396. The van der Waals surface area contributed by atoms with Crippen molar-refractivity contribution in [2.75, 3.05) is 33.2 Å². The minimum Gasteiger partial charge on any atom is -0.324 e. The first-order valence-electron chi connectivity index (χ1n) is 6.52. The lowest BCUT2D eigenvalue weighted by Crippen LogP contribution is -2.45. The molecule has 17 heavy (non-hydrogen) atoms. The van der Waals surface area contributed by atoms with Crippen molar-refractivity contribution in [1.29, 1.82) is 0 Å². The van der Waals surface area contributed by atoms with E-state index in [1.807, 2.05) is 0 Å². The normalized spacial score (nSPS) is 30.5. The Hall–Kier alpha value is -0.900. The van der Waals surface area contributed by atoms with E-state index in [0.717, 1.165) is 6.42 Å². The van der Waals surface area contributed by atoms with Crippen LogP contribution in [0.5, 0.6) is 0 Å². The Kier molecular flexibility index (Phi) is 2.90. The van der Waals surface area contributed by atoms with Crippen LogP contribution >= 0.6 is 0 Å². The molecule has 2 N–H and O–H groups in total. The van der Waals surface area contributed by atoms with E-state index < -0.39 is 0 Å². The molecule has 0 aromatic heterocycles. The van der Waals surface area contributed by atoms with Crippen molar-refractivity contribution in [3.63, 3.8) is 0 Å². The van der Waals surface area contributed by atoms with Gasteiger partial charge in [0.1, 0.15) is 0 Å². The first kappa shape index (κ1) is 11.2. The molecular weight excluding hydrogens is 210 g/mol. The highest BCUT2D eigenvalue weighted by Gasteiger charge is 2.33.